The lowest BCUT2D eigenvalue weighted by Gasteiger charge is -2.30. The van der Waals surface area contributed by atoms with Gasteiger partial charge in [0, 0.05) is 33.0 Å². The third-order valence-corrected chi connectivity index (χ3v) is 4.81. The lowest BCUT2D eigenvalue weighted by atomic mass is 9.98. The Morgan fingerprint density at radius 1 is 1.00 bits per heavy atom. The average Bonchev–Trinajstić information content (AvgIpc) is 3.07. The van der Waals surface area contributed by atoms with Crippen LogP contribution in [0, 0.1) is 13.8 Å². The van der Waals surface area contributed by atoms with Crippen molar-refractivity contribution < 1.29 is 9.59 Å². The molecule has 2 aromatic rings. The van der Waals surface area contributed by atoms with Crippen LogP contribution in [0.3, 0.4) is 0 Å². The van der Waals surface area contributed by atoms with Gasteiger partial charge in [0.25, 0.3) is 11.8 Å². The van der Waals surface area contributed by atoms with E-state index in [-0.39, 0.29) is 11.8 Å². The van der Waals surface area contributed by atoms with Gasteiger partial charge in [-0.25, -0.2) is 0 Å². The van der Waals surface area contributed by atoms with Crippen molar-refractivity contribution in [1.82, 2.24) is 19.8 Å². The summed E-state index contributed by atoms with van der Waals surface area (Å²) in [5.41, 5.74) is 2.62. The van der Waals surface area contributed by atoms with Crippen LogP contribution in [0.2, 0.25) is 0 Å². The first-order valence-corrected chi connectivity index (χ1v) is 8.53. The Hall–Kier alpha value is -2.50. The molecule has 1 atom stereocenters. The Morgan fingerprint density at radius 3 is 1.88 bits per heavy atom. The van der Waals surface area contributed by atoms with E-state index in [0.29, 0.717) is 24.4 Å². The number of amides is 2. The van der Waals surface area contributed by atoms with Crippen molar-refractivity contribution in [3.8, 4) is 0 Å². The summed E-state index contributed by atoms with van der Waals surface area (Å²) < 4.78 is 3.62. The van der Waals surface area contributed by atoms with Crippen LogP contribution in [0.1, 0.15) is 52.4 Å². The third-order valence-electron chi connectivity index (χ3n) is 4.81. The number of nitrogens with zero attached hydrogens (tertiary/aromatic N) is 2. The highest BCUT2D eigenvalue weighted by molar-refractivity contribution is 5.95. The number of rotatable bonds is 6. The van der Waals surface area contributed by atoms with Crippen LogP contribution in [0.5, 0.6) is 0 Å². The number of aromatic nitrogens is 2. The van der Waals surface area contributed by atoms with E-state index in [9.17, 15) is 9.59 Å². The Morgan fingerprint density at radius 2 is 1.48 bits per heavy atom. The third kappa shape index (κ3) is 3.95. The molecule has 6 nitrogen and oxygen atoms in total. The first kappa shape index (κ1) is 18.8. The maximum absolute atomic E-state index is 12.7. The largest absolute Gasteiger partial charge is 0.348 e. The van der Waals surface area contributed by atoms with E-state index >= 15 is 0 Å². The van der Waals surface area contributed by atoms with Crippen LogP contribution in [-0.2, 0) is 14.1 Å². The van der Waals surface area contributed by atoms with Crippen LogP contribution in [0.25, 0.3) is 0 Å². The van der Waals surface area contributed by atoms with Crippen LogP contribution in [0.15, 0.2) is 24.5 Å². The van der Waals surface area contributed by atoms with Crippen LogP contribution >= 0.6 is 0 Å². The number of hydrogen-bond acceptors (Lipinski definition) is 2. The minimum absolute atomic E-state index is 0.126. The van der Waals surface area contributed by atoms with E-state index in [4.69, 9.17) is 0 Å². The van der Waals surface area contributed by atoms with Gasteiger partial charge in [-0.05, 0) is 50.5 Å². The van der Waals surface area contributed by atoms with Crippen LogP contribution in [-0.4, -0.2) is 33.0 Å². The Labute approximate surface area is 149 Å². The summed E-state index contributed by atoms with van der Waals surface area (Å²) in [6, 6.07) is 3.83. The summed E-state index contributed by atoms with van der Waals surface area (Å²) in [6.07, 6.45) is 4.44. The van der Waals surface area contributed by atoms with Crippen LogP contribution in [0.4, 0.5) is 0 Å². The molecular weight excluding hydrogens is 316 g/mol. The molecule has 0 bridgehead atoms. The van der Waals surface area contributed by atoms with Gasteiger partial charge in [-0.3, -0.25) is 9.59 Å². The topological polar surface area (TPSA) is 68.1 Å². The summed E-state index contributed by atoms with van der Waals surface area (Å²) in [6.45, 7) is 8.13. The lowest BCUT2D eigenvalue weighted by Crippen LogP contribution is -2.53. The summed E-state index contributed by atoms with van der Waals surface area (Å²) in [5.74, 6) is -0.257. The average molecular weight is 344 g/mol. The number of nitrogens with one attached hydrogen (secondary N) is 2. The maximum atomic E-state index is 12.7. The van der Waals surface area contributed by atoms with Crippen molar-refractivity contribution in [2.24, 2.45) is 14.1 Å². The van der Waals surface area contributed by atoms with Crippen LogP contribution < -0.4 is 10.6 Å². The zero-order valence-electron chi connectivity index (χ0n) is 15.9. The SMILES string of the molecule is CC[C@@](C)(CNC(=O)c1c(C)ccn1C)NC(=O)c1c(C)ccn1C. The Kier molecular flexibility index (Phi) is 5.40. The van der Waals surface area contributed by atoms with Gasteiger partial charge in [0.15, 0.2) is 0 Å². The molecule has 0 radical (unpaired) electrons. The van der Waals surface area contributed by atoms with Crippen molar-refractivity contribution in [2.45, 2.75) is 39.7 Å². The molecule has 0 aliphatic rings. The molecule has 2 aromatic heterocycles. The summed E-state index contributed by atoms with van der Waals surface area (Å²) in [5, 5.41) is 6.03. The molecule has 6 heteroatoms. The van der Waals surface area contributed by atoms with Crippen molar-refractivity contribution in [3.63, 3.8) is 0 Å². The smallest absolute Gasteiger partial charge is 0.268 e. The van der Waals surface area contributed by atoms with Crippen molar-refractivity contribution in [2.75, 3.05) is 6.54 Å². The minimum atomic E-state index is -0.525. The zero-order valence-corrected chi connectivity index (χ0v) is 15.9. The number of carbonyl (C=O) groups is 2. The van der Waals surface area contributed by atoms with Gasteiger partial charge >= 0.3 is 0 Å². The zero-order chi connectivity index (χ0) is 18.8. The van der Waals surface area contributed by atoms with Crippen molar-refractivity contribution in [3.05, 3.63) is 47.0 Å². The molecule has 2 rings (SSSR count). The fourth-order valence-electron chi connectivity index (χ4n) is 2.94. The minimum Gasteiger partial charge on any atom is -0.348 e. The van der Waals surface area contributed by atoms with E-state index in [0.717, 1.165) is 11.1 Å². The second-order valence-corrected chi connectivity index (χ2v) is 6.97. The molecule has 0 spiro atoms. The fourth-order valence-corrected chi connectivity index (χ4v) is 2.94. The van der Waals surface area contributed by atoms with E-state index in [1.54, 1.807) is 4.57 Å². The number of aryl methyl sites for hydroxylation is 4. The predicted molar refractivity (Wildman–Crippen MR) is 98.8 cm³/mol. The van der Waals surface area contributed by atoms with E-state index < -0.39 is 5.54 Å². The summed E-state index contributed by atoms with van der Waals surface area (Å²) in [7, 11) is 3.70. The van der Waals surface area contributed by atoms with Gasteiger partial charge in [-0.15, -0.1) is 0 Å². The number of hydrogen-bond donors (Lipinski definition) is 2. The van der Waals surface area contributed by atoms with Gasteiger partial charge in [0.1, 0.15) is 11.4 Å². The monoisotopic (exact) mass is 344 g/mol. The highest BCUT2D eigenvalue weighted by Gasteiger charge is 2.28. The number of carbonyl (C=O) groups excluding carboxylic acids is 2. The molecule has 0 aliphatic carbocycles. The quantitative estimate of drug-likeness (QED) is 0.844. The van der Waals surface area contributed by atoms with Gasteiger partial charge in [-0.2, -0.15) is 0 Å². The molecule has 136 valence electrons. The molecular formula is C19H28N4O2. The van der Waals surface area contributed by atoms with Gasteiger partial charge in [-0.1, -0.05) is 6.92 Å². The van der Waals surface area contributed by atoms with Crippen molar-refractivity contribution >= 4 is 11.8 Å². The van der Waals surface area contributed by atoms with Gasteiger partial charge in [0.2, 0.25) is 0 Å². The Balaban J connectivity index is 2.07. The normalized spacial score (nSPS) is 13.4. The fraction of sp³-hybridized carbons (Fsp3) is 0.474. The molecule has 0 saturated carbocycles. The van der Waals surface area contributed by atoms with E-state index in [2.05, 4.69) is 10.6 Å². The standard InChI is InChI=1S/C19H28N4O2/c1-7-19(4,21-18(25)16-14(3)9-11-23(16)6)12-20-17(24)15-13(2)8-10-22(15)5/h8-11H,7,12H2,1-6H3,(H,20,24)(H,21,25)/t19-/m0/s1. The highest BCUT2D eigenvalue weighted by Crippen LogP contribution is 2.14. The molecule has 2 heterocycles. The first-order chi connectivity index (χ1) is 11.7. The summed E-state index contributed by atoms with van der Waals surface area (Å²) >= 11 is 0. The molecule has 0 fully saturated rings. The molecule has 25 heavy (non-hydrogen) atoms. The van der Waals surface area contributed by atoms with E-state index in [1.165, 1.54) is 0 Å². The van der Waals surface area contributed by atoms with E-state index in [1.807, 2.05) is 70.9 Å². The molecule has 2 N–H and O–H groups in total. The molecule has 0 unspecified atom stereocenters. The first-order valence-electron chi connectivity index (χ1n) is 8.53. The molecule has 0 aromatic carbocycles. The highest BCUT2D eigenvalue weighted by atomic mass is 16.2. The predicted octanol–water partition coefficient (Wildman–Crippen LogP) is 2.31. The molecule has 0 aliphatic heterocycles. The maximum Gasteiger partial charge on any atom is 0.268 e. The van der Waals surface area contributed by atoms with Gasteiger partial charge in [0.05, 0.1) is 5.54 Å². The second-order valence-electron chi connectivity index (χ2n) is 6.97. The second kappa shape index (κ2) is 7.17. The lowest BCUT2D eigenvalue weighted by molar-refractivity contribution is 0.0861. The molecule has 0 saturated heterocycles. The molecule has 2 amide bonds. The van der Waals surface area contributed by atoms with Crippen molar-refractivity contribution in [1.29, 1.82) is 0 Å². The Bertz CT molecular complexity index is 748. The summed E-state index contributed by atoms with van der Waals surface area (Å²) in [4.78, 5) is 25.1. The van der Waals surface area contributed by atoms with Gasteiger partial charge < -0.3 is 19.8 Å².